The van der Waals surface area contributed by atoms with E-state index in [9.17, 15) is 9.59 Å². The average molecular weight is 355 g/mol. The number of fused-ring (bicyclic) bond motifs is 1. The highest BCUT2D eigenvalue weighted by Crippen LogP contribution is 2.31. The molecule has 136 valence electrons. The molecule has 2 aliphatic heterocycles. The first-order valence-electron chi connectivity index (χ1n) is 8.65. The molecule has 1 unspecified atom stereocenters. The van der Waals surface area contributed by atoms with Gasteiger partial charge in [-0.15, -0.1) is 0 Å². The van der Waals surface area contributed by atoms with E-state index < -0.39 is 0 Å². The summed E-state index contributed by atoms with van der Waals surface area (Å²) >= 11 is 0. The lowest BCUT2D eigenvalue weighted by atomic mass is 10.1. The Morgan fingerprint density at radius 3 is 3.04 bits per heavy atom. The molecule has 0 radical (unpaired) electrons. The Kier molecular flexibility index (Phi) is 4.34. The number of rotatable bonds is 3. The Hall–Kier alpha value is -2.87. The van der Waals surface area contributed by atoms with Gasteiger partial charge >= 0.3 is 0 Å². The lowest BCUT2D eigenvalue weighted by molar-refractivity contribution is -0.135. The minimum absolute atomic E-state index is 0.000128. The predicted molar refractivity (Wildman–Crippen MR) is 94.8 cm³/mol. The second kappa shape index (κ2) is 6.80. The number of benzene rings is 1. The topological polar surface area (TPSA) is 79.7 Å². The van der Waals surface area contributed by atoms with Gasteiger partial charge in [0.1, 0.15) is 24.2 Å². The molecule has 3 heterocycles. The average Bonchev–Trinajstić information content (AvgIpc) is 3.10. The number of amides is 2. The summed E-state index contributed by atoms with van der Waals surface area (Å²) in [5.41, 5.74) is 0.640. The van der Waals surface area contributed by atoms with Crippen LogP contribution >= 0.6 is 0 Å². The van der Waals surface area contributed by atoms with Crippen molar-refractivity contribution in [3.05, 3.63) is 42.5 Å². The van der Waals surface area contributed by atoms with Crippen molar-refractivity contribution < 1.29 is 14.3 Å². The van der Waals surface area contributed by atoms with Crippen molar-refractivity contribution in [1.29, 1.82) is 0 Å². The van der Waals surface area contributed by atoms with Gasteiger partial charge in [0.15, 0.2) is 6.61 Å². The first-order chi connectivity index (χ1) is 12.6. The number of carbonyl (C=O) groups excluding carboxylic acids is 2. The summed E-state index contributed by atoms with van der Waals surface area (Å²) in [6.45, 7) is 1.90. The molecule has 1 atom stereocenters. The van der Waals surface area contributed by atoms with Crippen LogP contribution in [0.3, 0.4) is 0 Å². The molecule has 1 saturated heterocycles. The van der Waals surface area contributed by atoms with Gasteiger partial charge < -0.3 is 19.5 Å². The minimum atomic E-state index is -0.208. The number of aromatic nitrogens is 2. The van der Waals surface area contributed by atoms with E-state index in [2.05, 4.69) is 10.3 Å². The van der Waals surface area contributed by atoms with Crippen LogP contribution in [0.2, 0.25) is 0 Å². The molecule has 0 bridgehead atoms. The fourth-order valence-corrected chi connectivity index (χ4v) is 3.49. The fourth-order valence-electron chi connectivity index (χ4n) is 3.49. The Labute approximate surface area is 151 Å². The lowest BCUT2D eigenvalue weighted by Crippen LogP contribution is -2.53. The van der Waals surface area contributed by atoms with Crippen molar-refractivity contribution in [1.82, 2.24) is 19.8 Å². The van der Waals surface area contributed by atoms with Gasteiger partial charge in [0.25, 0.3) is 5.91 Å². The van der Waals surface area contributed by atoms with E-state index in [1.807, 2.05) is 34.8 Å². The Balaban J connectivity index is 1.57. The molecule has 2 aromatic rings. The molecule has 0 spiro atoms. The van der Waals surface area contributed by atoms with Gasteiger partial charge in [-0.05, 0) is 12.1 Å². The molecular formula is C18H21N5O3. The van der Waals surface area contributed by atoms with Crippen molar-refractivity contribution in [3.8, 4) is 5.75 Å². The van der Waals surface area contributed by atoms with E-state index in [0.717, 1.165) is 12.4 Å². The second-order valence-electron chi connectivity index (χ2n) is 6.44. The van der Waals surface area contributed by atoms with E-state index >= 15 is 0 Å². The maximum absolute atomic E-state index is 13.1. The summed E-state index contributed by atoms with van der Waals surface area (Å²) in [6, 6.07) is 7.14. The van der Waals surface area contributed by atoms with Crippen LogP contribution in [0.25, 0.3) is 0 Å². The van der Waals surface area contributed by atoms with Crippen molar-refractivity contribution in [2.24, 2.45) is 7.05 Å². The number of aryl methyl sites for hydroxylation is 1. The first kappa shape index (κ1) is 16.6. The number of anilines is 1. The number of piperazine rings is 1. The van der Waals surface area contributed by atoms with Crippen LogP contribution in [-0.2, 0) is 16.6 Å². The summed E-state index contributed by atoms with van der Waals surface area (Å²) in [7, 11) is 1.92. The molecule has 0 aliphatic carbocycles. The summed E-state index contributed by atoms with van der Waals surface area (Å²) in [5.74, 6) is 1.16. The van der Waals surface area contributed by atoms with Gasteiger partial charge in [-0.2, -0.15) is 0 Å². The van der Waals surface area contributed by atoms with Crippen LogP contribution in [0.15, 0.2) is 36.7 Å². The lowest BCUT2D eigenvalue weighted by Gasteiger charge is -2.37. The molecular weight excluding hydrogens is 334 g/mol. The van der Waals surface area contributed by atoms with Crippen LogP contribution in [0, 0.1) is 0 Å². The normalized spacial score (nSPS) is 19.9. The molecule has 1 aromatic heterocycles. The number of hydrogen-bond donors (Lipinski definition) is 1. The van der Waals surface area contributed by atoms with Crippen molar-refractivity contribution in [2.75, 3.05) is 37.7 Å². The van der Waals surface area contributed by atoms with Gasteiger partial charge in [-0.3, -0.25) is 14.5 Å². The highest BCUT2D eigenvalue weighted by molar-refractivity contribution is 6.02. The monoisotopic (exact) mass is 355 g/mol. The van der Waals surface area contributed by atoms with Crippen molar-refractivity contribution >= 4 is 17.5 Å². The maximum Gasteiger partial charge on any atom is 0.265 e. The zero-order chi connectivity index (χ0) is 18.1. The van der Waals surface area contributed by atoms with E-state index in [4.69, 9.17) is 4.74 Å². The van der Waals surface area contributed by atoms with Gasteiger partial charge in [-0.25, -0.2) is 4.98 Å². The number of ether oxygens (including phenoxy) is 1. The van der Waals surface area contributed by atoms with Crippen LogP contribution in [0.4, 0.5) is 5.69 Å². The zero-order valence-corrected chi connectivity index (χ0v) is 14.6. The van der Waals surface area contributed by atoms with Gasteiger partial charge in [0.2, 0.25) is 5.91 Å². The fraction of sp³-hybridized carbons (Fsp3) is 0.389. The summed E-state index contributed by atoms with van der Waals surface area (Å²) < 4.78 is 7.37. The van der Waals surface area contributed by atoms with Crippen LogP contribution in [0.1, 0.15) is 11.9 Å². The second-order valence-corrected chi connectivity index (χ2v) is 6.44. The third-order valence-electron chi connectivity index (χ3n) is 4.82. The Morgan fingerprint density at radius 1 is 1.38 bits per heavy atom. The van der Waals surface area contributed by atoms with E-state index in [1.165, 1.54) is 4.90 Å². The number of carbonyl (C=O) groups is 2. The summed E-state index contributed by atoms with van der Waals surface area (Å²) in [6.07, 6.45) is 3.60. The van der Waals surface area contributed by atoms with Crippen LogP contribution in [-0.4, -0.2) is 59.1 Å². The minimum Gasteiger partial charge on any atom is -0.482 e. The van der Waals surface area contributed by atoms with Crippen LogP contribution in [0.5, 0.6) is 5.75 Å². The number of para-hydroxylation sites is 2. The third-order valence-corrected chi connectivity index (χ3v) is 4.82. The molecule has 8 heteroatoms. The number of hydrogen-bond acceptors (Lipinski definition) is 5. The molecule has 8 nitrogen and oxygen atoms in total. The molecule has 1 aromatic carbocycles. The van der Waals surface area contributed by atoms with Crippen LogP contribution < -0.4 is 15.0 Å². The van der Waals surface area contributed by atoms with E-state index in [-0.39, 0.29) is 31.0 Å². The van der Waals surface area contributed by atoms with Crippen molar-refractivity contribution in [2.45, 2.75) is 6.04 Å². The molecule has 2 amide bonds. The zero-order valence-electron chi connectivity index (χ0n) is 14.6. The standard InChI is InChI=1S/C18H21N5O3/c1-21-8-7-20-18(21)14-10-19-6-9-22(14)16(24)11-23-13-4-2-3-5-15(13)26-12-17(23)25/h2-5,7-8,14,19H,6,9-12H2,1H3. The Morgan fingerprint density at radius 2 is 2.23 bits per heavy atom. The highest BCUT2D eigenvalue weighted by atomic mass is 16.5. The molecule has 1 fully saturated rings. The van der Waals surface area contributed by atoms with Gasteiger partial charge in [0.05, 0.1) is 5.69 Å². The SMILES string of the molecule is Cn1ccnc1C1CNCCN1C(=O)CN1C(=O)COc2ccccc21. The summed E-state index contributed by atoms with van der Waals surface area (Å²) in [5, 5.41) is 3.32. The smallest absolute Gasteiger partial charge is 0.265 e. The van der Waals surface area contributed by atoms with E-state index in [0.29, 0.717) is 24.5 Å². The van der Waals surface area contributed by atoms with Gasteiger partial charge in [0, 0.05) is 39.1 Å². The maximum atomic E-state index is 13.1. The highest BCUT2D eigenvalue weighted by Gasteiger charge is 2.34. The molecule has 1 N–H and O–H groups in total. The number of nitrogens with zero attached hydrogens (tertiary/aromatic N) is 4. The molecule has 2 aliphatic rings. The molecule has 0 saturated carbocycles. The summed E-state index contributed by atoms with van der Waals surface area (Å²) in [4.78, 5) is 33.1. The molecule has 4 rings (SSSR count). The van der Waals surface area contributed by atoms with Gasteiger partial charge in [-0.1, -0.05) is 12.1 Å². The quantitative estimate of drug-likeness (QED) is 0.858. The number of nitrogens with one attached hydrogen (secondary N) is 1. The van der Waals surface area contributed by atoms with Crippen molar-refractivity contribution in [3.63, 3.8) is 0 Å². The predicted octanol–water partition coefficient (Wildman–Crippen LogP) is 0.319. The molecule has 26 heavy (non-hydrogen) atoms. The largest absolute Gasteiger partial charge is 0.482 e. The first-order valence-corrected chi connectivity index (χ1v) is 8.65. The Bertz CT molecular complexity index is 834. The third kappa shape index (κ3) is 2.92. The number of imidazole rings is 1. The van der Waals surface area contributed by atoms with E-state index in [1.54, 1.807) is 18.3 Å².